The Morgan fingerprint density at radius 2 is 2.07 bits per heavy atom. The predicted octanol–water partition coefficient (Wildman–Crippen LogP) is 0.818. The number of hydrogen-bond donors (Lipinski definition) is 2. The van der Waals surface area contributed by atoms with E-state index in [9.17, 15) is 9.59 Å². The average molecular weight is 208 g/mol. The van der Waals surface area contributed by atoms with Crippen LogP contribution in [0.4, 0.5) is 0 Å². The van der Waals surface area contributed by atoms with Gasteiger partial charge >= 0.3 is 5.97 Å². The molecule has 0 bridgehead atoms. The molecule has 4 heteroatoms. The lowest BCUT2D eigenvalue weighted by Crippen LogP contribution is -2.39. The predicted molar refractivity (Wildman–Crippen MR) is 55.4 cm³/mol. The first kappa shape index (κ1) is 9.71. The van der Waals surface area contributed by atoms with Gasteiger partial charge in [-0.05, 0) is 12.5 Å². The van der Waals surface area contributed by atoms with Crippen molar-refractivity contribution in [3.05, 3.63) is 35.9 Å². The number of hydrogen-bond acceptors (Lipinski definition) is 2. The molecule has 1 rings (SSSR count). The van der Waals surface area contributed by atoms with Crippen LogP contribution in [-0.2, 0) is 16.0 Å². The van der Waals surface area contributed by atoms with E-state index >= 15 is 0 Å². The molecule has 1 aromatic rings. The Balaban J connectivity index is 2.65. The second kappa shape index (κ2) is 5.14. The van der Waals surface area contributed by atoms with E-state index in [0.717, 1.165) is 0 Å². The van der Waals surface area contributed by atoms with E-state index in [1.54, 1.807) is 30.3 Å². The van der Waals surface area contributed by atoms with Gasteiger partial charge in [0, 0.05) is 1.37 Å². The van der Waals surface area contributed by atoms with Crippen molar-refractivity contribution in [2.24, 2.45) is 0 Å². The van der Waals surface area contributed by atoms with Crippen LogP contribution in [0.2, 0.25) is 0 Å². The Bertz CT molecular complexity index is 380. The fraction of sp³-hybridized carbons (Fsp3) is 0.273. The molecule has 15 heavy (non-hydrogen) atoms. The maximum atomic E-state index is 11.5. The Morgan fingerprint density at radius 1 is 1.47 bits per heavy atom. The molecule has 0 aliphatic carbocycles. The summed E-state index contributed by atoms with van der Waals surface area (Å²) in [6.45, 7) is 1.36. The number of carboxylic acid groups (broad SMARTS) is 1. The summed E-state index contributed by atoms with van der Waals surface area (Å²) in [6, 6.07) is 7.57. The molecule has 80 valence electrons. The molecule has 0 radical (unpaired) electrons. The molecule has 0 aliphatic rings. The van der Waals surface area contributed by atoms with Crippen LogP contribution in [0.1, 0.15) is 13.9 Å². The van der Waals surface area contributed by atoms with Gasteiger partial charge in [-0.2, -0.15) is 0 Å². The van der Waals surface area contributed by atoms with Crippen molar-refractivity contribution in [2.75, 3.05) is 0 Å². The first-order valence-corrected chi connectivity index (χ1v) is 4.52. The second-order valence-electron chi connectivity index (χ2n) is 3.12. The highest BCUT2D eigenvalue weighted by molar-refractivity contribution is 5.84. The minimum atomic E-state index is -1.12. The molecule has 2 atom stereocenters. The van der Waals surface area contributed by atoms with Crippen LogP contribution in [0.5, 0.6) is 0 Å². The standard InChI is InChI=1S/C11H13NO3/c1-8(11(14)15)12-10(13)7-9-5-3-2-4-6-9/h2-6,8H,7H2,1H3,(H,12,13)(H,14,15)/t8-/m0/s1/i7D/t7?,8-. The molecule has 0 spiro atoms. The van der Waals surface area contributed by atoms with Gasteiger partial charge in [-0.1, -0.05) is 30.3 Å². The SMILES string of the molecule is [2H]C(C(=O)N[C@@H](C)C(=O)O)c1ccccc1. The first-order valence-electron chi connectivity index (χ1n) is 5.10. The summed E-state index contributed by atoms with van der Waals surface area (Å²) in [5, 5.41) is 10.9. The lowest BCUT2D eigenvalue weighted by Gasteiger charge is -2.08. The molecule has 4 nitrogen and oxygen atoms in total. The zero-order valence-electron chi connectivity index (χ0n) is 9.31. The third kappa shape index (κ3) is 3.81. The molecule has 0 fully saturated rings. The Morgan fingerprint density at radius 3 is 2.60 bits per heavy atom. The monoisotopic (exact) mass is 208 g/mol. The average Bonchev–Trinajstić information content (AvgIpc) is 2.28. The fourth-order valence-electron chi connectivity index (χ4n) is 1.02. The summed E-state index contributed by atoms with van der Waals surface area (Å²) in [5.41, 5.74) is 0.539. The molecule has 0 aliphatic heterocycles. The van der Waals surface area contributed by atoms with Crippen LogP contribution in [0, 0.1) is 0 Å². The maximum Gasteiger partial charge on any atom is 0.325 e. The summed E-state index contributed by atoms with van der Waals surface area (Å²) in [5.74, 6) is -1.73. The van der Waals surface area contributed by atoms with Gasteiger partial charge in [-0.15, -0.1) is 0 Å². The minimum Gasteiger partial charge on any atom is -0.480 e. The van der Waals surface area contributed by atoms with Crippen LogP contribution < -0.4 is 5.32 Å². The summed E-state index contributed by atoms with van der Waals surface area (Å²) >= 11 is 0. The summed E-state index contributed by atoms with van der Waals surface area (Å²) in [7, 11) is 0. The van der Waals surface area contributed by atoms with Crippen molar-refractivity contribution < 1.29 is 16.1 Å². The van der Waals surface area contributed by atoms with Crippen molar-refractivity contribution in [3.63, 3.8) is 0 Å². The molecule has 1 unspecified atom stereocenters. The van der Waals surface area contributed by atoms with Crippen molar-refractivity contribution in [1.82, 2.24) is 5.32 Å². The highest BCUT2D eigenvalue weighted by Crippen LogP contribution is 1.99. The van der Waals surface area contributed by atoms with Gasteiger partial charge in [0.25, 0.3) is 0 Å². The number of carbonyl (C=O) groups is 2. The summed E-state index contributed by atoms with van der Waals surface area (Å²) in [4.78, 5) is 22.0. The minimum absolute atomic E-state index is 0.539. The van der Waals surface area contributed by atoms with Gasteiger partial charge < -0.3 is 10.4 Å². The molecule has 2 N–H and O–H groups in total. The highest BCUT2D eigenvalue weighted by atomic mass is 16.4. The number of benzene rings is 1. The largest absolute Gasteiger partial charge is 0.480 e. The Labute approximate surface area is 89.3 Å². The normalized spacial score (nSPS) is 14.9. The molecule has 1 aromatic carbocycles. The van der Waals surface area contributed by atoms with Crippen LogP contribution in [-0.4, -0.2) is 23.0 Å². The third-order valence-electron chi connectivity index (χ3n) is 1.83. The van der Waals surface area contributed by atoms with Crippen LogP contribution in [0.3, 0.4) is 0 Å². The van der Waals surface area contributed by atoms with E-state index in [1.807, 2.05) is 0 Å². The van der Waals surface area contributed by atoms with Crippen molar-refractivity contribution in [3.8, 4) is 0 Å². The van der Waals surface area contributed by atoms with E-state index in [4.69, 9.17) is 6.48 Å². The second-order valence-corrected chi connectivity index (χ2v) is 3.12. The van der Waals surface area contributed by atoms with Crippen LogP contribution >= 0.6 is 0 Å². The zero-order chi connectivity index (χ0) is 12.1. The number of nitrogens with one attached hydrogen (secondary N) is 1. The number of carboxylic acids is 1. The lowest BCUT2D eigenvalue weighted by atomic mass is 10.1. The van der Waals surface area contributed by atoms with Crippen molar-refractivity contribution in [1.29, 1.82) is 0 Å². The number of carbonyl (C=O) groups excluding carboxylic acids is 1. The molecule has 0 saturated heterocycles. The Kier molecular flexibility index (Phi) is 3.33. The van der Waals surface area contributed by atoms with Crippen LogP contribution in [0.15, 0.2) is 30.3 Å². The van der Waals surface area contributed by atoms with Gasteiger partial charge in [0.05, 0.1) is 6.40 Å². The zero-order valence-corrected chi connectivity index (χ0v) is 8.31. The molecular weight excluding hydrogens is 194 g/mol. The topological polar surface area (TPSA) is 66.4 Å². The van der Waals surface area contributed by atoms with Gasteiger partial charge in [-0.25, -0.2) is 0 Å². The van der Waals surface area contributed by atoms with E-state index < -0.39 is 24.3 Å². The number of amides is 1. The van der Waals surface area contributed by atoms with Gasteiger partial charge in [0.15, 0.2) is 0 Å². The Hall–Kier alpha value is -1.84. The van der Waals surface area contributed by atoms with Crippen LogP contribution in [0.25, 0.3) is 0 Å². The van der Waals surface area contributed by atoms with Gasteiger partial charge in [0.1, 0.15) is 6.04 Å². The number of rotatable bonds is 4. The van der Waals surface area contributed by atoms with E-state index in [0.29, 0.717) is 5.56 Å². The maximum absolute atomic E-state index is 11.5. The van der Waals surface area contributed by atoms with Gasteiger partial charge in [0.2, 0.25) is 5.91 Å². The van der Waals surface area contributed by atoms with E-state index in [-0.39, 0.29) is 0 Å². The lowest BCUT2D eigenvalue weighted by molar-refractivity contribution is -0.141. The van der Waals surface area contributed by atoms with E-state index in [2.05, 4.69) is 5.32 Å². The third-order valence-corrected chi connectivity index (χ3v) is 1.83. The quantitative estimate of drug-likeness (QED) is 0.769. The molecule has 0 aromatic heterocycles. The number of aliphatic carboxylic acids is 1. The van der Waals surface area contributed by atoms with Crippen molar-refractivity contribution >= 4 is 11.9 Å². The summed E-state index contributed by atoms with van der Waals surface area (Å²) < 4.78 is 7.65. The van der Waals surface area contributed by atoms with E-state index in [1.165, 1.54) is 6.92 Å². The molecule has 0 heterocycles. The first-order chi connectivity index (χ1) is 7.52. The smallest absolute Gasteiger partial charge is 0.325 e. The van der Waals surface area contributed by atoms with Crippen molar-refractivity contribution in [2.45, 2.75) is 19.4 Å². The van der Waals surface area contributed by atoms with Gasteiger partial charge in [-0.3, -0.25) is 9.59 Å². The summed E-state index contributed by atoms with van der Waals surface area (Å²) in [6.07, 6.45) is -1.09. The highest BCUT2D eigenvalue weighted by Gasteiger charge is 2.13. The molecule has 0 saturated carbocycles. The molecular formula is C11H13NO3. The fourth-order valence-corrected chi connectivity index (χ4v) is 1.02. The molecule has 1 amide bonds.